The standard InChI is InChI=1S/C25H40N7/c1-30-14-7-23(8-15-30)32(18-9-22-5-3-2-4-6-22)19-16-31(17-20-32)25(21-26-10-13-29-25)24-27-11-12-28-24/h2-6,11-12,23,26,29H,7-10,13-21H2,1H3,(H,27,28)/q+1. The van der Waals surface area contributed by atoms with Crippen molar-refractivity contribution in [1.29, 1.82) is 0 Å². The number of aromatic amines is 1. The second kappa shape index (κ2) is 9.61. The summed E-state index contributed by atoms with van der Waals surface area (Å²) in [5.41, 5.74) is 1.26. The van der Waals surface area contributed by atoms with Gasteiger partial charge in [-0.05, 0) is 12.6 Å². The molecule has 2 aromatic rings. The lowest BCUT2D eigenvalue weighted by atomic mass is 9.95. The van der Waals surface area contributed by atoms with Crippen molar-refractivity contribution in [3.05, 3.63) is 54.1 Å². The van der Waals surface area contributed by atoms with E-state index in [1.807, 2.05) is 12.4 Å². The van der Waals surface area contributed by atoms with Gasteiger partial charge in [0.2, 0.25) is 0 Å². The van der Waals surface area contributed by atoms with E-state index in [0.717, 1.165) is 44.6 Å². The number of hydrogen-bond acceptors (Lipinski definition) is 5. The number of likely N-dealkylation sites (tertiary alicyclic amines) is 1. The van der Waals surface area contributed by atoms with Crippen LogP contribution in [0, 0.1) is 0 Å². The van der Waals surface area contributed by atoms with Gasteiger partial charge in [-0.1, -0.05) is 30.3 Å². The van der Waals surface area contributed by atoms with E-state index in [2.05, 4.69) is 67.8 Å². The molecule has 3 aliphatic rings. The van der Waals surface area contributed by atoms with Crippen molar-refractivity contribution in [3.63, 3.8) is 0 Å². The molecule has 3 aliphatic heterocycles. The van der Waals surface area contributed by atoms with E-state index in [-0.39, 0.29) is 5.66 Å². The minimum absolute atomic E-state index is 0.218. The molecule has 1 atom stereocenters. The monoisotopic (exact) mass is 438 g/mol. The number of rotatable bonds is 6. The molecule has 0 bridgehead atoms. The van der Waals surface area contributed by atoms with Crippen molar-refractivity contribution in [1.82, 2.24) is 30.4 Å². The van der Waals surface area contributed by atoms with Crippen molar-refractivity contribution >= 4 is 0 Å². The zero-order chi connectivity index (χ0) is 21.9. The highest BCUT2D eigenvalue weighted by atomic mass is 15.5. The summed E-state index contributed by atoms with van der Waals surface area (Å²) >= 11 is 0. The van der Waals surface area contributed by atoms with Crippen LogP contribution >= 0.6 is 0 Å². The second-order valence-corrected chi connectivity index (χ2v) is 10.0. The molecule has 3 N–H and O–H groups in total. The third kappa shape index (κ3) is 4.37. The quantitative estimate of drug-likeness (QED) is 0.592. The van der Waals surface area contributed by atoms with Gasteiger partial charge in [0.25, 0.3) is 0 Å². The summed E-state index contributed by atoms with van der Waals surface area (Å²) in [6.45, 7) is 11.3. The molecule has 1 unspecified atom stereocenters. The number of quaternary nitrogens is 1. The van der Waals surface area contributed by atoms with Crippen LogP contribution in [0.3, 0.4) is 0 Å². The van der Waals surface area contributed by atoms with Crippen LogP contribution in [-0.2, 0) is 12.1 Å². The average molecular weight is 439 g/mol. The average Bonchev–Trinajstić information content (AvgIpc) is 3.40. The fourth-order valence-electron chi connectivity index (χ4n) is 6.28. The molecule has 32 heavy (non-hydrogen) atoms. The Morgan fingerprint density at radius 3 is 2.50 bits per heavy atom. The second-order valence-electron chi connectivity index (χ2n) is 10.0. The Hall–Kier alpha value is -1.77. The number of benzene rings is 1. The molecule has 7 nitrogen and oxygen atoms in total. The van der Waals surface area contributed by atoms with E-state index < -0.39 is 0 Å². The summed E-state index contributed by atoms with van der Waals surface area (Å²) in [5.74, 6) is 1.05. The highest BCUT2D eigenvalue weighted by Gasteiger charge is 2.48. The molecule has 1 aromatic carbocycles. The van der Waals surface area contributed by atoms with E-state index in [0.29, 0.717) is 0 Å². The predicted molar refractivity (Wildman–Crippen MR) is 128 cm³/mol. The Balaban J connectivity index is 1.34. The fraction of sp³-hybridized carbons (Fsp3) is 0.640. The number of piperazine rings is 2. The van der Waals surface area contributed by atoms with Gasteiger partial charge in [0.05, 0.1) is 38.8 Å². The van der Waals surface area contributed by atoms with Crippen LogP contribution in [0.1, 0.15) is 24.2 Å². The molecule has 4 heterocycles. The maximum absolute atomic E-state index is 4.69. The van der Waals surface area contributed by atoms with Crippen molar-refractivity contribution in [2.75, 3.05) is 72.5 Å². The Morgan fingerprint density at radius 2 is 1.84 bits per heavy atom. The van der Waals surface area contributed by atoms with Crippen LogP contribution in [0.5, 0.6) is 0 Å². The third-order valence-electron chi connectivity index (χ3n) is 8.31. The summed E-state index contributed by atoms with van der Waals surface area (Å²) < 4.78 is 1.28. The number of H-pyrrole nitrogens is 1. The van der Waals surface area contributed by atoms with E-state index in [4.69, 9.17) is 0 Å². The normalized spacial score (nSPS) is 28.0. The third-order valence-corrected chi connectivity index (χ3v) is 8.31. The van der Waals surface area contributed by atoms with Gasteiger partial charge in [0.1, 0.15) is 11.5 Å². The summed E-state index contributed by atoms with van der Waals surface area (Å²) in [6.07, 6.45) is 7.67. The lowest BCUT2D eigenvalue weighted by Crippen LogP contribution is -2.73. The topological polar surface area (TPSA) is 59.2 Å². The fourth-order valence-corrected chi connectivity index (χ4v) is 6.28. The first-order valence-electron chi connectivity index (χ1n) is 12.5. The van der Waals surface area contributed by atoms with Gasteiger partial charge in [-0.3, -0.25) is 10.2 Å². The van der Waals surface area contributed by atoms with Crippen molar-refractivity contribution in [2.24, 2.45) is 0 Å². The number of nitrogens with zero attached hydrogens (tertiary/aromatic N) is 4. The Kier molecular flexibility index (Phi) is 6.62. The first-order chi connectivity index (χ1) is 15.7. The molecule has 174 valence electrons. The highest BCUT2D eigenvalue weighted by molar-refractivity contribution is 5.15. The summed E-state index contributed by atoms with van der Waals surface area (Å²) in [5, 5.41) is 7.45. The van der Waals surface area contributed by atoms with Gasteiger partial charge < -0.3 is 19.7 Å². The largest absolute Gasteiger partial charge is 0.346 e. The van der Waals surface area contributed by atoms with Gasteiger partial charge in [-0.15, -0.1) is 0 Å². The molecular weight excluding hydrogens is 398 g/mol. The molecule has 7 heteroatoms. The van der Waals surface area contributed by atoms with Gasteiger partial charge in [-0.2, -0.15) is 0 Å². The first kappa shape index (κ1) is 22.0. The van der Waals surface area contributed by atoms with Gasteiger partial charge >= 0.3 is 0 Å². The molecule has 5 rings (SSSR count). The Morgan fingerprint density at radius 1 is 1.06 bits per heavy atom. The summed E-state index contributed by atoms with van der Waals surface area (Å²) in [7, 11) is 2.28. The molecule has 0 aliphatic carbocycles. The van der Waals surface area contributed by atoms with Crippen molar-refractivity contribution < 1.29 is 4.48 Å². The number of aromatic nitrogens is 2. The van der Waals surface area contributed by atoms with E-state index in [9.17, 15) is 0 Å². The lowest BCUT2D eigenvalue weighted by Gasteiger charge is -2.55. The number of nitrogens with one attached hydrogen (secondary N) is 3. The lowest BCUT2D eigenvalue weighted by molar-refractivity contribution is -0.956. The summed E-state index contributed by atoms with van der Waals surface area (Å²) in [6, 6.07) is 11.9. The van der Waals surface area contributed by atoms with Gasteiger partial charge in [-0.25, -0.2) is 4.98 Å². The van der Waals surface area contributed by atoms with Crippen LogP contribution in [0.25, 0.3) is 0 Å². The van der Waals surface area contributed by atoms with Crippen LogP contribution in [0.15, 0.2) is 42.7 Å². The van der Waals surface area contributed by atoms with Crippen LogP contribution in [0.4, 0.5) is 0 Å². The Bertz CT molecular complexity index is 815. The van der Waals surface area contributed by atoms with Crippen molar-refractivity contribution in [3.8, 4) is 0 Å². The van der Waals surface area contributed by atoms with E-state index >= 15 is 0 Å². The molecule has 0 radical (unpaired) electrons. The van der Waals surface area contributed by atoms with E-state index in [1.54, 1.807) is 0 Å². The predicted octanol–water partition coefficient (Wildman–Crippen LogP) is 1.22. The summed E-state index contributed by atoms with van der Waals surface area (Å²) in [4.78, 5) is 13.3. The highest BCUT2D eigenvalue weighted by Crippen LogP contribution is 2.31. The van der Waals surface area contributed by atoms with Crippen LogP contribution in [-0.4, -0.2) is 103 Å². The molecular formula is C25H40N7+. The van der Waals surface area contributed by atoms with Crippen LogP contribution < -0.4 is 10.6 Å². The minimum atomic E-state index is -0.218. The molecule has 0 spiro atoms. The smallest absolute Gasteiger partial charge is 0.144 e. The number of piperidine rings is 1. The first-order valence-corrected chi connectivity index (χ1v) is 12.5. The van der Waals surface area contributed by atoms with E-state index in [1.165, 1.54) is 62.0 Å². The molecule has 0 amide bonds. The number of hydrogen-bond donors (Lipinski definition) is 3. The maximum atomic E-state index is 4.69. The van der Waals surface area contributed by atoms with Gasteiger partial charge in [0.15, 0.2) is 0 Å². The zero-order valence-electron chi connectivity index (χ0n) is 19.6. The molecule has 0 saturated carbocycles. The molecule has 3 saturated heterocycles. The SMILES string of the molecule is CN1CCC([N+]2(CCc3ccccc3)CCN(C3(c4ncc[nH]4)CNCCN3)CC2)CC1. The Labute approximate surface area is 192 Å². The van der Waals surface area contributed by atoms with Crippen molar-refractivity contribution in [2.45, 2.75) is 31.0 Å². The maximum Gasteiger partial charge on any atom is 0.144 e. The van der Waals surface area contributed by atoms with Crippen LogP contribution in [0.2, 0.25) is 0 Å². The van der Waals surface area contributed by atoms with Gasteiger partial charge in [0, 0.05) is 64.4 Å². The molecule has 1 aromatic heterocycles. The molecule has 3 fully saturated rings. The zero-order valence-corrected chi connectivity index (χ0v) is 19.6. The minimum Gasteiger partial charge on any atom is -0.346 e. The number of imidazole rings is 1.